The Kier molecular flexibility index (Phi) is 5.73. The number of aliphatic hydroxyl groups excluding tert-OH is 1. The second-order valence-corrected chi connectivity index (χ2v) is 8.11. The summed E-state index contributed by atoms with van der Waals surface area (Å²) in [6.07, 6.45) is 0.970. The highest BCUT2D eigenvalue weighted by molar-refractivity contribution is 8.18. The minimum absolute atomic E-state index is 0.247. The Labute approximate surface area is 158 Å². The van der Waals surface area contributed by atoms with Gasteiger partial charge in [0.15, 0.2) is 0 Å². The number of rotatable bonds is 4. The lowest BCUT2D eigenvalue weighted by atomic mass is 10.2. The Hall–Kier alpha value is -1.48. The maximum atomic E-state index is 12.4. The van der Waals surface area contributed by atoms with Crippen LogP contribution in [0.1, 0.15) is 5.56 Å². The predicted octanol–water partition coefficient (Wildman–Crippen LogP) is 1.97. The number of benzene rings is 1. The number of hydrogen-bond donors (Lipinski definition) is 2. The first-order valence-electron chi connectivity index (χ1n) is 7.50. The average Bonchev–Trinajstić information content (AvgIpc) is 3.06. The topological polar surface area (TPSA) is 86.7 Å². The van der Waals surface area contributed by atoms with E-state index in [1.165, 1.54) is 0 Å². The van der Waals surface area contributed by atoms with Crippen LogP contribution in [0.5, 0.6) is 0 Å². The van der Waals surface area contributed by atoms with Crippen LogP contribution in [0.25, 0.3) is 6.08 Å². The zero-order valence-electron chi connectivity index (χ0n) is 13.0. The lowest BCUT2D eigenvalue weighted by molar-refractivity contribution is -0.129. The highest BCUT2D eigenvalue weighted by atomic mass is 35.5. The summed E-state index contributed by atoms with van der Waals surface area (Å²) >= 11 is 8.24. The first kappa shape index (κ1) is 18.3. The fourth-order valence-corrected chi connectivity index (χ4v) is 4.67. The summed E-state index contributed by atoms with van der Waals surface area (Å²) < 4.78 is 0. The average molecular weight is 399 g/mol. The lowest BCUT2D eigenvalue weighted by Crippen LogP contribution is -2.47. The molecule has 2 saturated heterocycles. The summed E-state index contributed by atoms with van der Waals surface area (Å²) in [6.45, 7) is -0.356. The monoisotopic (exact) mass is 398 g/mol. The SMILES string of the molecule is O=C(CN1C(=O)S/C(=C\c2cccc(Cl)c2)C1=O)N[C@@H]1CSC[C@@H]1O. The van der Waals surface area contributed by atoms with E-state index in [9.17, 15) is 19.5 Å². The van der Waals surface area contributed by atoms with E-state index in [0.29, 0.717) is 22.1 Å². The molecular formula is C16H15ClN2O4S2. The molecule has 6 nitrogen and oxygen atoms in total. The third kappa shape index (κ3) is 4.38. The van der Waals surface area contributed by atoms with Gasteiger partial charge in [0.25, 0.3) is 11.1 Å². The number of carbonyl (C=O) groups is 3. The normalized spacial score (nSPS) is 25.0. The van der Waals surface area contributed by atoms with Crippen molar-refractivity contribution in [2.45, 2.75) is 12.1 Å². The Morgan fingerprint density at radius 1 is 1.40 bits per heavy atom. The van der Waals surface area contributed by atoms with Crippen molar-refractivity contribution in [2.24, 2.45) is 0 Å². The molecule has 0 bridgehead atoms. The van der Waals surface area contributed by atoms with Crippen molar-refractivity contribution in [2.75, 3.05) is 18.1 Å². The molecule has 132 valence electrons. The van der Waals surface area contributed by atoms with Crippen molar-refractivity contribution in [3.8, 4) is 0 Å². The van der Waals surface area contributed by atoms with Crippen LogP contribution in [0.15, 0.2) is 29.2 Å². The molecule has 9 heteroatoms. The largest absolute Gasteiger partial charge is 0.390 e. The smallest absolute Gasteiger partial charge is 0.294 e. The Morgan fingerprint density at radius 2 is 2.20 bits per heavy atom. The molecule has 0 unspecified atom stereocenters. The molecule has 2 fully saturated rings. The van der Waals surface area contributed by atoms with E-state index >= 15 is 0 Å². The van der Waals surface area contributed by atoms with Crippen LogP contribution in [-0.4, -0.2) is 57.3 Å². The van der Waals surface area contributed by atoms with Crippen molar-refractivity contribution in [3.05, 3.63) is 39.8 Å². The second-order valence-electron chi connectivity index (χ2n) is 5.60. The van der Waals surface area contributed by atoms with E-state index in [4.69, 9.17) is 11.6 Å². The Bertz CT molecular complexity index is 755. The molecule has 2 aliphatic rings. The number of nitrogens with zero attached hydrogens (tertiary/aromatic N) is 1. The minimum atomic E-state index is -0.605. The van der Waals surface area contributed by atoms with Crippen LogP contribution in [0.3, 0.4) is 0 Å². The number of aliphatic hydroxyl groups is 1. The van der Waals surface area contributed by atoms with E-state index in [0.717, 1.165) is 16.7 Å². The molecule has 0 radical (unpaired) electrons. The third-order valence-corrected chi connectivity index (χ3v) is 6.03. The second kappa shape index (κ2) is 7.82. The van der Waals surface area contributed by atoms with Gasteiger partial charge in [0, 0.05) is 16.5 Å². The number of carbonyl (C=O) groups excluding carboxylic acids is 3. The van der Waals surface area contributed by atoms with Crippen molar-refractivity contribution >= 4 is 58.3 Å². The molecular weight excluding hydrogens is 384 g/mol. The van der Waals surface area contributed by atoms with Crippen LogP contribution in [-0.2, 0) is 9.59 Å². The molecule has 0 aromatic heterocycles. The summed E-state index contributed by atoms with van der Waals surface area (Å²) in [6, 6.07) is 6.56. The van der Waals surface area contributed by atoms with Gasteiger partial charge in [-0.25, -0.2) is 0 Å². The van der Waals surface area contributed by atoms with Crippen LogP contribution in [0, 0.1) is 0 Å². The number of thioether (sulfide) groups is 2. The van der Waals surface area contributed by atoms with Gasteiger partial charge in [-0.05, 0) is 35.5 Å². The van der Waals surface area contributed by atoms with Crippen LogP contribution < -0.4 is 5.32 Å². The zero-order chi connectivity index (χ0) is 18.0. The molecule has 3 amide bonds. The molecule has 25 heavy (non-hydrogen) atoms. The Morgan fingerprint density at radius 3 is 2.88 bits per heavy atom. The number of amides is 3. The highest BCUT2D eigenvalue weighted by Gasteiger charge is 2.37. The van der Waals surface area contributed by atoms with E-state index in [1.807, 2.05) is 0 Å². The zero-order valence-corrected chi connectivity index (χ0v) is 15.4. The summed E-state index contributed by atoms with van der Waals surface area (Å²) in [7, 11) is 0. The first-order valence-corrected chi connectivity index (χ1v) is 9.85. The van der Waals surface area contributed by atoms with Gasteiger partial charge in [0.1, 0.15) is 6.54 Å². The van der Waals surface area contributed by atoms with Gasteiger partial charge in [-0.2, -0.15) is 11.8 Å². The molecule has 0 aliphatic carbocycles. The van der Waals surface area contributed by atoms with Gasteiger partial charge in [-0.3, -0.25) is 19.3 Å². The molecule has 1 aromatic carbocycles. The molecule has 2 atom stereocenters. The van der Waals surface area contributed by atoms with Gasteiger partial charge in [-0.1, -0.05) is 23.7 Å². The maximum Gasteiger partial charge on any atom is 0.294 e. The number of nitrogens with one attached hydrogen (secondary N) is 1. The quantitative estimate of drug-likeness (QED) is 0.754. The number of imide groups is 1. The summed E-state index contributed by atoms with van der Waals surface area (Å²) in [5, 5.41) is 12.4. The van der Waals surface area contributed by atoms with Crippen molar-refractivity contribution in [3.63, 3.8) is 0 Å². The Balaban J connectivity index is 1.66. The first-order chi connectivity index (χ1) is 11.9. The molecule has 2 heterocycles. The van der Waals surface area contributed by atoms with E-state index in [-0.39, 0.29) is 17.5 Å². The lowest BCUT2D eigenvalue weighted by Gasteiger charge is -2.18. The standard InChI is InChI=1S/C16H15ClN2O4S2/c17-10-3-1-2-9(4-10)5-13-15(22)19(16(23)25-13)6-14(21)18-11-7-24-8-12(11)20/h1-5,11-12,20H,6-8H2,(H,18,21)/b13-5-/t11-,12+/m1/s1. The molecule has 1 aromatic rings. The molecule has 3 rings (SSSR count). The predicted molar refractivity (Wildman–Crippen MR) is 99.4 cm³/mol. The summed E-state index contributed by atoms with van der Waals surface area (Å²) in [5.74, 6) is 0.211. The van der Waals surface area contributed by atoms with Crippen LogP contribution >= 0.6 is 35.1 Å². The third-order valence-electron chi connectivity index (χ3n) is 3.72. The molecule has 0 spiro atoms. The maximum absolute atomic E-state index is 12.4. The van der Waals surface area contributed by atoms with Gasteiger partial charge < -0.3 is 10.4 Å². The number of hydrogen-bond acceptors (Lipinski definition) is 6. The van der Waals surface area contributed by atoms with Crippen molar-refractivity contribution < 1.29 is 19.5 Å². The minimum Gasteiger partial charge on any atom is -0.390 e. The van der Waals surface area contributed by atoms with Gasteiger partial charge in [0.05, 0.1) is 17.1 Å². The highest BCUT2D eigenvalue weighted by Crippen LogP contribution is 2.32. The molecule has 0 saturated carbocycles. The fraction of sp³-hybridized carbons (Fsp3) is 0.312. The molecule has 2 aliphatic heterocycles. The van der Waals surface area contributed by atoms with Crippen LogP contribution in [0.4, 0.5) is 4.79 Å². The van der Waals surface area contributed by atoms with Crippen LogP contribution in [0.2, 0.25) is 5.02 Å². The summed E-state index contributed by atoms with van der Waals surface area (Å²) in [4.78, 5) is 37.7. The van der Waals surface area contributed by atoms with E-state index in [2.05, 4.69) is 5.32 Å². The van der Waals surface area contributed by atoms with Gasteiger partial charge in [0.2, 0.25) is 5.91 Å². The number of halogens is 1. The fourth-order valence-electron chi connectivity index (χ4n) is 2.46. The van der Waals surface area contributed by atoms with E-state index < -0.39 is 23.2 Å². The van der Waals surface area contributed by atoms with Crippen molar-refractivity contribution in [1.29, 1.82) is 0 Å². The van der Waals surface area contributed by atoms with Gasteiger partial charge in [-0.15, -0.1) is 0 Å². The van der Waals surface area contributed by atoms with Gasteiger partial charge >= 0.3 is 0 Å². The molecule has 2 N–H and O–H groups in total. The van der Waals surface area contributed by atoms with Crippen molar-refractivity contribution in [1.82, 2.24) is 10.2 Å². The van der Waals surface area contributed by atoms with E-state index in [1.54, 1.807) is 42.1 Å². The summed E-state index contributed by atoms with van der Waals surface area (Å²) in [5.41, 5.74) is 0.702.